The topological polar surface area (TPSA) is 20.2 Å². The lowest BCUT2D eigenvalue weighted by atomic mass is 10.2. The summed E-state index contributed by atoms with van der Waals surface area (Å²) in [5.74, 6) is 0. The van der Waals surface area contributed by atoms with Gasteiger partial charge in [0.15, 0.2) is 0 Å². The van der Waals surface area contributed by atoms with Crippen molar-refractivity contribution in [2.45, 2.75) is 6.16 Å². The third-order valence-electron chi connectivity index (χ3n) is 2.23. The van der Waals surface area contributed by atoms with Crippen LogP contribution in [0.1, 0.15) is 5.56 Å². The zero-order valence-corrected chi connectivity index (χ0v) is 9.27. The van der Waals surface area contributed by atoms with E-state index >= 15 is 0 Å². The van der Waals surface area contributed by atoms with Crippen LogP contribution in [0.25, 0.3) is 0 Å². The van der Waals surface area contributed by atoms with Crippen molar-refractivity contribution in [2.75, 3.05) is 0 Å². The summed E-state index contributed by atoms with van der Waals surface area (Å²) in [6.07, 6.45) is 0.736. The van der Waals surface area contributed by atoms with Crippen molar-refractivity contribution in [3.05, 3.63) is 66.2 Å². The molecule has 1 unspecified atom stereocenters. The fourth-order valence-electron chi connectivity index (χ4n) is 1.45. The highest BCUT2D eigenvalue weighted by molar-refractivity contribution is 7.59. The third-order valence-corrected chi connectivity index (χ3v) is 3.79. The standard InChI is InChI=1S/C13H13OP/c14-15(13-9-5-2-6-10-13)11-12-7-3-1-4-8-12/h1-10,14H,11H2. The van der Waals surface area contributed by atoms with Crippen molar-refractivity contribution in [3.63, 3.8) is 0 Å². The molecule has 0 bridgehead atoms. The van der Waals surface area contributed by atoms with Gasteiger partial charge in [0.25, 0.3) is 0 Å². The van der Waals surface area contributed by atoms with Gasteiger partial charge < -0.3 is 4.89 Å². The van der Waals surface area contributed by atoms with Crippen LogP contribution in [0.5, 0.6) is 0 Å². The number of hydrogen-bond donors (Lipinski definition) is 1. The van der Waals surface area contributed by atoms with Gasteiger partial charge in [-0.2, -0.15) is 0 Å². The van der Waals surface area contributed by atoms with Gasteiger partial charge in [-0.3, -0.25) is 0 Å². The Hall–Kier alpha value is -1.17. The van der Waals surface area contributed by atoms with Crippen molar-refractivity contribution < 1.29 is 4.89 Å². The molecular weight excluding hydrogens is 203 g/mol. The van der Waals surface area contributed by atoms with E-state index in [0.29, 0.717) is 0 Å². The zero-order chi connectivity index (χ0) is 10.5. The summed E-state index contributed by atoms with van der Waals surface area (Å²) < 4.78 is 0. The average Bonchev–Trinajstić information content (AvgIpc) is 2.31. The van der Waals surface area contributed by atoms with E-state index in [-0.39, 0.29) is 0 Å². The van der Waals surface area contributed by atoms with Gasteiger partial charge in [0.1, 0.15) is 0 Å². The normalized spacial score (nSPS) is 12.3. The van der Waals surface area contributed by atoms with E-state index < -0.39 is 8.15 Å². The van der Waals surface area contributed by atoms with E-state index in [2.05, 4.69) is 12.1 Å². The second-order valence-electron chi connectivity index (χ2n) is 3.38. The molecule has 0 heterocycles. The Balaban J connectivity index is 2.08. The summed E-state index contributed by atoms with van der Waals surface area (Å²) in [7, 11) is -1.05. The van der Waals surface area contributed by atoms with Crippen LogP contribution in [0.15, 0.2) is 60.7 Å². The quantitative estimate of drug-likeness (QED) is 0.782. The first-order chi connectivity index (χ1) is 7.36. The lowest BCUT2D eigenvalue weighted by Gasteiger charge is -2.10. The first-order valence-corrected chi connectivity index (χ1v) is 6.39. The molecule has 0 aromatic heterocycles. The van der Waals surface area contributed by atoms with Crippen LogP contribution in [-0.4, -0.2) is 4.89 Å². The fourth-order valence-corrected chi connectivity index (χ4v) is 2.70. The highest BCUT2D eigenvalue weighted by atomic mass is 31.1. The Kier molecular flexibility index (Phi) is 3.49. The molecule has 1 N–H and O–H groups in total. The smallest absolute Gasteiger partial charge is 0.0608 e. The van der Waals surface area contributed by atoms with Gasteiger partial charge in [-0.25, -0.2) is 0 Å². The first-order valence-electron chi connectivity index (χ1n) is 4.91. The number of rotatable bonds is 3. The monoisotopic (exact) mass is 216 g/mol. The Morgan fingerprint density at radius 2 is 1.33 bits per heavy atom. The van der Waals surface area contributed by atoms with E-state index in [1.54, 1.807) is 0 Å². The maximum absolute atomic E-state index is 10.0. The van der Waals surface area contributed by atoms with Crippen LogP contribution < -0.4 is 5.30 Å². The summed E-state index contributed by atoms with van der Waals surface area (Å²) in [6, 6.07) is 20.0. The molecule has 0 spiro atoms. The van der Waals surface area contributed by atoms with Crippen LogP contribution >= 0.6 is 8.15 Å². The Labute approximate surface area is 91.2 Å². The molecule has 76 valence electrons. The maximum Gasteiger partial charge on any atom is 0.0608 e. The summed E-state index contributed by atoms with van der Waals surface area (Å²) in [6.45, 7) is 0. The predicted molar refractivity (Wildman–Crippen MR) is 65.4 cm³/mol. The zero-order valence-electron chi connectivity index (χ0n) is 8.38. The number of hydrogen-bond acceptors (Lipinski definition) is 1. The lowest BCUT2D eigenvalue weighted by molar-refractivity contribution is 0.633. The molecule has 2 rings (SSSR count). The molecule has 2 aromatic carbocycles. The summed E-state index contributed by atoms with van der Waals surface area (Å²) in [4.78, 5) is 10.0. The minimum atomic E-state index is -1.05. The molecule has 0 aliphatic heterocycles. The second-order valence-corrected chi connectivity index (χ2v) is 5.01. The molecule has 1 atom stereocenters. The van der Waals surface area contributed by atoms with Crippen molar-refractivity contribution in [2.24, 2.45) is 0 Å². The molecule has 2 aromatic rings. The van der Waals surface area contributed by atoms with E-state index in [1.165, 1.54) is 5.56 Å². The van der Waals surface area contributed by atoms with Crippen molar-refractivity contribution in [3.8, 4) is 0 Å². The van der Waals surface area contributed by atoms with Gasteiger partial charge in [-0.05, 0) is 5.56 Å². The highest BCUT2D eigenvalue weighted by Crippen LogP contribution is 2.33. The molecule has 2 heteroatoms. The molecule has 0 amide bonds. The molecule has 15 heavy (non-hydrogen) atoms. The van der Waals surface area contributed by atoms with Crippen LogP contribution in [0, 0.1) is 0 Å². The first kappa shape index (κ1) is 10.4. The van der Waals surface area contributed by atoms with E-state index in [4.69, 9.17) is 0 Å². The maximum atomic E-state index is 10.0. The largest absolute Gasteiger partial charge is 0.369 e. The molecule has 0 saturated heterocycles. The van der Waals surface area contributed by atoms with E-state index in [1.807, 2.05) is 48.5 Å². The molecule has 0 aliphatic carbocycles. The van der Waals surface area contributed by atoms with E-state index in [0.717, 1.165) is 11.5 Å². The van der Waals surface area contributed by atoms with Crippen molar-refractivity contribution in [1.82, 2.24) is 0 Å². The van der Waals surface area contributed by atoms with Gasteiger partial charge in [-0.15, -0.1) is 0 Å². The minimum Gasteiger partial charge on any atom is -0.369 e. The second kappa shape index (κ2) is 5.06. The molecule has 0 aliphatic rings. The Morgan fingerprint density at radius 3 is 1.93 bits per heavy atom. The third kappa shape index (κ3) is 2.89. The SMILES string of the molecule is OP(Cc1ccccc1)c1ccccc1. The highest BCUT2D eigenvalue weighted by Gasteiger charge is 2.07. The molecule has 1 nitrogen and oxygen atoms in total. The van der Waals surface area contributed by atoms with Gasteiger partial charge in [0.05, 0.1) is 8.15 Å². The molecule has 0 fully saturated rings. The summed E-state index contributed by atoms with van der Waals surface area (Å²) in [5, 5.41) is 1.04. The molecule has 0 radical (unpaired) electrons. The fraction of sp³-hybridized carbons (Fsp3) is 0.0769. The summed E-state index contributed by atoms with van der Waals surface area (Å²) >= 11 is 0. The Bertz CT molecular complexity index is 399. The van der Waals surface area contributed by atoms with Crippen LogP contribution in [-0.2, 0) is 6.16 Å². The van der Waals surface area contributed by atoms with Crippen LogP contribution in [0.4, 0.5) is 0 Å². The van der Waals surface area contributed by atoms with Crippen LogP contribution in [0.3, 0.4) is 0 Å². The molecular formula is C13H13OP. The van der Waals surface area contributed by atoms with Gasteiger partial charge in [0.2, 0.25) is 0 Å². The van der Waals surface area contributed by atoms with Crippen LogP contribution in [0.2, 0.25) is 0 Å². The molecule has 0 saturated carbocycles. The Morgan fingerprint density at radius 1 is 0.800 bits per heavy atom. The predicted octanol–water partition coefficient (Wildman–Crippen LogP) is 2.90. The summed E-state index contributed by atoms with van der Waals surface area (Å²) in [5.41, 5.74) is 1.19. The van der Waals surface area contributed by atoms with E-state index in [9.17, 15) is 4.89 Å². The lowest BCUT2D eigenvalue weighted by Crippen LogP contribution is -2.00. The average molecular weight is 216 g/mol. The van der Waals surface area contributed by atoms with Gasteiger partial charge in [-0.1, -0.05) is 60.7 Å². The van der Waals surface area contributed by atoms with Crippen molar-refractivity contribution >= 4 is 13.5 Å². The number of benzene rings is 2. The van der Waals surface area contributed by atoms with Gasteiger partial charge >= 0.3 is 0 Å². The minimum absolute atomic E-state index is 0.736. The van der Waals surface area contributed by atoms with Crippen molar-refractivity contribution in [1.29, 1.82) is 0 Å². The van der Waals surface area contributed by atoms with Gasteiger partial charge in [0, 0.05) is 11.5 Å².